The van der Waals surface area contributed by atoms with Crippen molar-refractivity contribution in [3.63, 3.8) is 0 Å². The Morgan fingerprint density at radius 1 is 1.33 bits per heavy atom. The number of aromatic nitrogens is 4. The van der Waals surface area contributed by atoms with E-state index >= 15 is 0 Å². The summed E-state index contributed by atoms with van der Waals surface area (Å²) < 4.78 is 1.75. The third-order valence-electron chi connectivity index (χ3n) is 2.99. The van der Waals surface area contributed by atoms with Crippen LogP contribution in [0.3, 0.4) is 0 Å². The van der Waals surface area contributed by atoms with Crippen LogP contribution < -0.4 is 5.32 Å². The summed E-state index contributed by atoms with van der Waals surface area (Å²) in [7, 11) is 0. The minimum absolute atomic E-state index is 0.117. The van der Waals surface area contributed by atoms with Gasteiger partial charge in [0.15, 0.2) is 5.82 Å². The van der Waals surface area contributed by atoms with E-state index in [4.69, 9.17) is 0 Å². The van der Waals surface area contributed by atoms with Gasteiger partial charge in [-0.1, -0.05) is 18.2 Å². The highest BCUT2D eigenvalue weighted by atomic mass is 16.1. The number of anilines is 1. The summed E-state index contributed by atoms with van der Waals surface area (Å²) >= 11 is 0. The van der Waals surface area contributed by atoms with Crippen LogP contribution in [-0.2, 0) is 11.2 Å². The van der Waals surface area contributed by atoms with Crippen LogP contribution in [0.4, 0.5) is 5.82 Å². The highest BCUT2D eigenvalue weighted by Crippen LogP contribution is 2.09. The van der Waals surface area contributed by atoms with Gasteiger partial charge in [0.2, 0.25) is 5.91 Å². The van der Waals surface area contributed by atoms with Gasteiger partial charge in [0.1, 0.15) is 0 Å². The largest absolute Gasteiger partial charge is 0.309 e. The Balaban J connectivity index is 1.66. The Kier molecular flexibility index (Phi) is 3.51. The van der Waals surface area contributed by atoms with Crippen molar-refractivity contribution in [2.45, 2.75) is 13.3 Å². The first-order chi connectivity index (χ1) is 10.2. The number of rotatable bonds is 4. The number of carbonyl (C=O) groups is 1. The lowest BCUT2D eigenvalue weighted by Gasteiger charge is -2.00. The molecular weight excluding hydrogens is 266 g/mol. The maximum absolute atomic E-state index is 11.9. The van der Waals surface area contributed by atoms with E-state index in [9.17, 15) is 4.79 Å². The van der Waals surface area contributed by atoms with Crippen LogP contribution in [0.25, 0.3) is 5.69 Å². The summed E-state index contributed by atoms with van der Waals surface area (Å²) in [6, 6.07) is 11.6. The number of nitrogens with one attached hydrogen (secondary N) is 2. The number of aryl methyl sites for hydroxylation is 1. The van der Waals surface area contributed by atoms with Crippen LogP contribution in [0.5, 0.6) is 0 Å². The Hall–Kier alpha value is -2.89. The SMILES string of the molecule is Cc1cc(NC(=O)Cc2cnn(-c3ccccc3)c2)n[nH]1. The number of amides is 1. The molecule has 2 aromatic heterocycles. The maximum Gasteiger partial charge on any atom is 0.230 e. The fourth-order valence-electron chi connectivity index (χ4n) is 2.03. The zero-order valence-corrected chi connectivity index (χ0v) is 11.6. The van der Waals surface area contributed by atoms with E-state index < -0.39 is 0 Å². The Labute approximate surface area is 121 Å². The van der Waals surface area contributed by atoms with Crippen molar-refractivity contribution in [1.29, 1.82) is 0 Å². The Morgan fingerprint density at radius 2 is 2.14 bits per heavy atom. The van der Waals surface area contributed by atoms with Gasteiger partial charge in [-0.3, -0.25) is 9.89 Å². The van der Waals surface area contributed by atoms with Crippen molar-refractivity contribution in [3.8, 4) is 5.69 Å². The normalized spacial score (nSPS) is 10.5. The molecule has 6 nitrogen and oxygen atoms in total. The molecule has 3 rings (SSSR count). The minimum atomic E-state index is -0.117. The number of aromatic amines is 1. The monoisotopic (exact) mass is 281 g/mol. The molecule has 0 aliphatic heterocycles. The van der Waals surface area contributed by atoms with Crippen molar-refractivity contribution in [1.82, 2.24) is 20.0 Å². The fourth-order valence-corrected chi connectivity index (χ4v) is 2.03. The summed E-state index contributed by atoms with van der Waals surface area (Å²) in [5.74, 6) is 0.419. The van der Waals surface area contributed by atoms with Gasteiger partial charge >= 0.3 is 0 Å². The summed E-state index contributed by atoms with van der Waals surface area (Å²) in [6.07, 6.45) is 3.81. The molecule has 2 heterocycles. The van der Waals surface area contributed by atoms with Crippen LogP contribution >= 0.6 is 0 Å². The fraction of sp³-hybridized carbons (Fsp3) is 0.133. The molecule has 1 aromatic carbocycles. The van der Waals surface area contributed by atoms with E-state index in [1.165, 1.54) is 0 Å². The number of hydrogen-bond acceptors (Lipinski definition) is 3. The summed E-state index contributed by atoms with van der Waals surface area (Å²) in [6.45, 7) is 1.88. The Bertz CT molecular complexity index is 744. The van der Waals surface area contributed by atoms with E-state index in [1.54, 1.807) is 16.9 Å². The lowest BCUT2D eigenvalue weighted by atomic mass is 10.2. The van der Waals surface area contributed by atoms with Gasteiger partial charge in [-0.15, -0.1) is 0 Å². The molecule has 6 heteroatoms. The van der Waals surface area contributed by atoms with E-state index in [-0.39, 0.29) is 12.3 Å². The van der Waals surface area contributed by atoms with Gasteiger partial charge in [-0.05, 0) is 24.6 Å². The van der Waals surface area contributed by atoms with Crippen LogP contribution in [0.1, 0.15) is 11.3 Å². The van der Waals surface area contributed by atoms with Gasteiger partial charge < -0.3 is 5.32 Å². The van der Waals surface area contributed by atoms with Crippen LogP contribution in [-0.4, -0.2) is 25.9 Å². The molecule has 0 spiro atoms. The molecular formula is C15H15N5O. The van der Waals surface area contributed by atoms with Crippen molar-refractivity contribution in [2.24, 2.45) is 0 Å². The van der Waals surface area contributed by atoms with Crippen LogP contribution in [0, 0.1) is 6.92 Å². The van der Waals surface area contributed by atoms with Gasteiger partial charge in [0.05, 0.1) is 18.3 Å². The highest BCUT2D eigenvalue weighted by molar-refractivity contribution is 5.91. The highest BCUT2D eigenvalue weighted by Gasteiger charge is 2.08. The molecule has 0 atom stereocenters. The third-order valence-corrected chi connectivity index (χ3v) is 2.99. The number of hydrogen-bond donors (Lipinski definition) is 2. The van der Waals surface area contributed by atoms with E-state index in [0.29, 0.717) is 5.82 Å². The predicted molar refractivity (Wildman–Crippen MR) is 79.2 cm³/mol. The molecule has 1 amide bonds. The lowest BCUT2D eigenvalue weighted by Crippen LogP contribution is -2.14. The second-order valence-corrected chi connectivity index (χ2v) is 4.79. The average Bonchev–Trinajstić information content (AvgIpc) is 3.09. The number of nitrogens with zero attached hydrogens (tertiary/aromatic N) is 3. The van der Waals surface area contributed by atoms with Crippen molar-refractivity contribution < 1.29 is 4.79 Å². The van der Waals surface area contributed by atoms with Gasteiger partial charge in [0, 0.05) is 18.0 Å². The second-order valence-electron chi connectivity index (χ2n) is 4.79. The van der Waals surface area contributed by atoms with Gasteiger partial charge in [-0.2, -0.15) is 10.2 Å². The first-order valence-corrected chi connectivity index (χ1v) is 6.61. The lowest BCUT2D eigenvalue weighted by molar-refractivity contribution is -0.115. The molecule has 21 heavy (non-hydrogen) atoms. The molecule has 0 bridgehead atoms. The topological polar surface area (TPSA) is 75.6 Å². The number of H-pyrrole nitrogens is 1. The molecule has 0 radical (unpaired) electrons. The minimum Gasteiger partial charge on any atom is -0.309 e. The molecule has 0 aliphatic rings. The van der Waals surface area contributed by atoms with Crippen molar-refractivity contribution >= 4 is 11.7 Å². The zero-order valence-electron chi connectivity index (χ0n) is 11.6. The molecule has 0 unspecified atom stereocenters. The average molecular weight is 281 g/mol. The van der Waals surface area contributed by atoms with Gasteiger partial charge in [0.25, 0.3) is 0 Å². The summed E-state index contributed by atoms with van der Waals surface area (Å²) in [5.41, 5.74) is 2.72. The molecule has 106 valence electrons. The molecule has 3 aromatic rings. The van der Waals surface area contributed by atoms with E-state index in [2.05, 4.69) is 20.6 Å². The summed E-state index contributed by atoms with van der Waals surface area (Å²) in [5, 5.41) is 13.8. The number of para-hydroxylation sites is 1. The zero-order chi connectivity index (χ0) is 14.7. The summed E-state index contributed by atoms with van der Waals surface area (Å²) in [4.78, 5) is 11.9. The Morgan fingerprint density at radius 3 is 2.86 bits per heavy atom. The molecule has 0 saturated carbocycles. The van der Waals surface area contributed by atoms with E-state index in [0.717, 1.165) is 16.9 Å². The molecule has 2 N–H and O–H groups in total. The smallest absolute Gasteiger partial charge is 0.230 e. The van der Waals surface area contributed by atoms with Crippen molar-refractivity contribution in [3.05, 3.63) is 60.0 Å². The van der Waals surface area contributed by atoms with Gasteiger partial charge in [-0.25, -0.2) is 4.68 Å². The third kappa shape index (κ3) is 3.17. The van der Waals surface area contributed by atoms with Crippen LogP contribution in [0.2, 0.25) is 0 Å². The van der Waals surface area contributed by atoms with Crippen molar-refractivity contribution in [2.75, 3.05) is 5.32 Å². The first kappa shape index (κ1) is 13.1. The molecule has 0 aliphatic carbocycles. The predicted octanol–water partition coefficient (Wildman–Crippen LogP) is 2.09. The second kappa shape index (κ2) is 5.62. The van der Waals surface area contributed by atoms with E-state index in [1.807, 2.05) is 43.5 Å². The van der Waals surface area contributed by atoms with Crippen LogP contribution in [0.15, 0.2) is 48.8 Å². The standard InChI is InChI=1S/C15H15N5O/c1-11-7-14(19-18-11)17-15(21)8-12-9-16-20(10-12)13-5-3-2-4-6-13/h2-7,9-10H,8H2,1H3,(H2,17,18,19,21). The maximum atomic E-state index is 11.9. The first-order valence-electron chi connectivity index (χ1n) is 6.61. The molecule has 0 fully saturated rings. The number of carbonyl (C=O) groups excluding carboxylic acids is 1. The number of benzene rings is 1. The quantitative estimate of drug-likeness (QED) is 0.768. The molecule has 0 saturated heterocycles.